The lowest BCUT2D eigenvalue weighted by Gasteiger charge is -2.53. The molecule has 1 aliphatic carbocycles. The van der Waals surface area contributed by atoms with Gasteiger partial charge in [-0.1, -0.05) is 77.0 Å². The van der Waals surface area contributed by atoms with Gasteiger partial charge in [0.1, 0.15) is 0 Å². The molecule has 4 heteroatoms. The zero-order valence-corrected chi connectivity index (χ0v) is 20.8. The SMILES string of the molecule is CC(SSC(C)(C)C(C)C)C1C(S)C(C)C(C(C)(C)C)C(C)C1S. The van der Waals surface area contributed by atoms with Crippen LogP contribution < -0.4 is 0 Å². The summed E-state index contributed by atoms with van der Waals surface area (Å²) in [4.78, 5) is 0. The van der Waals surface area contributed by atoms with Crippen molar-refractivity contribution in [1.29, 1.82) is 0 Å². The fourth-order valence-corrected chi connectivity index (χ4v) is 9.15. The monoisotopic (exact) mass is 408 g/mol. The molecule has 0 saturated heterocycles. The molecule has 144 valence electrons. The normalized spacial score (nSPS) is 36.9. The Balaban J connectivity index is 2.89. The van der Waals surface area contributed by atoms with Gasteiger partial charge in [0.25, 0.3) is 0 Å². The van der Waals surface area contributed by atoms with Crippen molar-refractivity contribution in [2.24, 2.45) is 35.0 Å². The fourth-order valence-electron chi connectivity index (χ4n) is 4.30. The molecule has 0 aromatic rings. The lowest BCUT2D eigenvalue weighted by atomic mass is 9.59. The average molecular weight is 409 g/mol. The summed E-state index contributed by atoms with van der Waals surface area (Å²) in [7, 11) is 4.11. The molecule has 0 nitrogen and oxygen atoms in total. The first-order chi connectivity index (χ1) is 10.7. The van der Waals surface area contributed by atoms with Crippen molar-refractivity contribution in [1.82, 2.24) is 0 Å². The van der Waals surface area contributed by atoms with Gasteiger partial charge in [0.05, 0.1) is 0 Å². The minimum atomic E-state index is 0.303. The Labute approximate surface area is 171 Å². The molecule has 0 heterocycles. The molecule has 24 heavy (non-hydrogen) atoms. The summed E-state index contributed by atoms with van der Waals surface area (Å²) >= 11 is 10.2. The van der Waals surface area contributed by atoms with E-state index in [-0.39, 0.29) is 0 Å². The summed E-state index contributed by atoms with van der Waals surface area (Å²) in [5.41, 5.74) is 0.316. The molecule has 1 aliphatic rings. The van der Waals surface area contributed by atoms with Gasteiger partial charge >= 0.3 is 0 Å². The van der Waals surface area contributed by atoms with Crippen LogP contribution in [0.15, 0.2) is 0 Å². The molecule has 5 atom stereocenters. The smallest absolute Gasteiger partial charge is 0.0230 e. The molecule has 1 rings (SSSR count). The largest absolute Gasteiger partial charge is 0.175 e. The Bertz CT molecular complexity index is 383. The minimum Gasteiger partial charge on any atom is -0.175 e. The summed E-state index contributed by atoms with van der Waals surface area (Å²) in [6.45, 7) is 23.7. The maximum absolute atomic E-state index is 5.12. The highest BCUT2D eigenvalue weighted by molar-refractivity contribution is 8.77. The van der Waals surface area contributed by atoms with E-state index in [4.69, 9.17) is 25.3 Å². The van der Waals surface area contributed by atoms with Crippen molar-refractivity contribution >= 4 is 46.8 Å². The zero-order chi connectivity index (χ0) is 19.0. The number of rotatable bonds is 5. The van der Waals surface area contributed by atoms with Crippen LogP contribution in [0.4, 0.5) is 0 Å². The van der Waals surface area contributed by atoms with Crippen LogP contribution in [0, 0.1) is 35.0 Å². The molecule has 0 aromatic carbocycles. The molecule has 0 spiro atoms. The molecule has 0 aliphatic heterocycles. The first kappa shape index (κ1) is 23.4. The van der Waals surface area contributed by atoms with Gasteiger partial charge in [0.2, 0.25) is 0 Å². The highest BCUT2D eigenvalue weighted by atomic mass is 33.1. The molecule has 5 unspecified atom stereocenters. The number of thiol groups is 2. The predicted octanol–water partition coefficient (Wildman–Crippen LogP) is 7.35. The predicted molar refractivity (Wildman–Crippen MR) is 124 cm³/mol. The summed E-state index contributed by atoms with van der Waals surface area (Å²) in [5, 5.41) is 1.43. The van der Waals surface area contributed by atoms with Crippen LogP contribution >= 0.6 is 46.8 Å². The van der Waals surface area contributed by atoms with E-state index in [2.05, 4.69) is 90.8 Å². The Morgan fingerprint density at radius 3 is 1.58 bits per heavy atom. The van der Waals surface area contributed by atoms with E-state index in [9.17, 15) is 0 Å². The lowest BCUT2D eigenvalue weighted by Crippen LogP contribution is -2.53. The fraction of sp³-hybridized carbons (Fsp3) is 1.00. The molecule has 0 aromatic heterocycles. The van der Waals surface area contributed by atoms with Gasteiger partial charge in [0, 0.05) is 20.5 Å². The molecular formula is C20H40S4. The van der Waals surface area contributed by atoms with Crippen molar-refractivity contribution < 1.29 is 0 Å². The topological polar surface area (TPSA) is 0 Å². The Morgan fingerprint density at radius 2 is 1.25 bits per heavy atom. The van der Waals surface area contributed by atoms with E-state index in [1.54, 1.807) is 0 Å². The highest BCUT2D eigenvalue weighted by Crippen LogP contribution is 2.54. The zero-order valence-electron chi connectivity index (χ0n) is 17.3. The quantitative estimate of drug-likeness (QED) is 0.360. The van der Waals surface area contributed by atoms with Crippen LogP contribution in [0.5, 0.6) is 0 Å². The van der Waals surface area contributed by atoms with Gasteiger partial charge in [-0.05, 0) is 48.9 Å². The van der Waals surface area contributed by atoms with Crippen LogP contribution in [0.25, 0.3) is 0 Å². The van der Waals surface area contributed by atoms with Crippen molar-refractivity contribution in [3.8, 4) is 0 Å². The van der Waals surface area contributed by atoms with Crippen molar-refractivity contribution in [3.05, 3.63) is 0 Å². The van der Waals surface area contributed by atoms with Crippen LogP contribution in [0.3, 0.4) is 0 Å². The van der Waals surface area contributed by atoms with E-state index >= 15 is 0 Å². The molecular weight excluding hydrogens is 368 g/mol. The van der Waals surface area contributed by atoms with Crippen LogP contribution in [-0.4, -0.2) is 20.5 Å². The van der Waals surface area contributed by atoms with E-state index in [0.717, 1.165) is 0 Å². The molecule has 1 fully saturated rings. The third-order valence-electron chi connectivity index (χ3n) is 6.35. The van der Waals surface area contributed by atoms with Gasteiger partial charge in [-0.2, -0.15) is 25.3 Å². The molecule has 0 N–H and O–H groups in total. The summed E-state index contributed by atoms with van der Waals surface area (Å²) in [6, 6.07) is 0. The summed E-state index contributed by atoms with van der Waals surface area (Å²) in [5.74, 6) is 3.16. The second kappa shape index (κ2) is 8.61. The third kappa shape index (κ3) is 5.23. The van der Waals surface area contributed by atoms with Crippen molar-refractivity contribution in [2.75, 3.05) is 0 Å². The first-order valence-corrected chi connectivity index (χ1v) is 12.7. The Hall–Kier alpha value is 1.40. The van der Waals surface area contributed by atoms with Crippen LogP contribution in [0.2, 0.25) is 0 Å². The molecule has 0 bridgehead atoms. The molecule has 0 amide bonds. The van der Waals surface area contributed by atoms with Crippen molar-refractivity contribution in [2.45, 2.75) is 89.7 Å². The average Bonchev–Trinajstić information content (AvgIpc) is 2.42. The van der Waals surface area contributed by atoms with Gasteiger partial charge in [-0.3, -0.25) is 0 Å². The lowest BCUT2D eigenvalue weighted by molar-refractivity contribution is 0.0504. The van der Waals surface area contributed by atoms with E-state index < -0.39 is 0 Å². The third-order valence-corrected chi connectivity index (χ3v) is 12.1. The molecule has 0 radical (unpaired) electrons. The second-order valence-corrected chi connectivity index (χ2v) is 14.2. The van der Waals surface area contributed by atoms with Crippen LogP contribution in [-0.2, 0) is 0 Å². The maximum atomic E-state index is 5.12. The van der Waals surface area contributed by atoms with Gasteiger partial charge < -0.3 is 0 Å². The maximum Gasteiger partial charge on any atom is 0.0230 e. The second-order valence-electron chi connectivity index (χ2n) is 9.81. The summed E-state index contributed by atoms with van der Waals surface area (Å²) in [6.07, 6.45) is 0. The number of hydrogen-bond acceptors (Lipinski definition) is 4. The van der Waals surface area contributed by atoms with Gasteiger partial charge in [-0.15, -0.1) is 0 Å². The first-order valence-electron chi connectivity index (χ1n) is 9.42. The van der Waals surface area contributed by atoms with Gasteiger partial charge in [-0.25, -0.2) is 0 Å². The minimum absolute atomic E-state index is 0.303. The molecule has 1 saturated carbocycles. The number of hydrogen-bond donors (Lipinski definition) is 2. The van der Waals surface area contributed by atoms with E-state index in [1.165, 1.54) is 0 Å². The van der Waals surface area contributed by atoms with E-state index in [1.807, 2.05) is 0 Å². The Kier molecular flexibility index (Phi) is 8.41. The van der Waals surface area contributed by atoms with E-state index in [0.29, 0.717) is 55.5 Å². The van der Waals surface area contributed by atoms with Gasteiger partial charge in [0.15, 0.2) is 0 Å². The van der Waals surface area contributed by atoms with Crippen molar-refractivity contribution in [3.63, 3.8) is 0 Å². The standard InChI is InChI=1S/C20H40S4/c1-11(2)20(9,10)24-23-14(5)15-17(21)12(3)16(19(6,7)8)13(4)18(15)22/h11-18,21-22H,1-10H3. The summed E-state index contributed by atoms with van der Waals surface area (Å²) < 4.78 is 0.303. The van der Waals surface area contributed by atoms with Crippen LogP contribution in [0.1, 0.15) is 69.2 Å². The highest BCUT2D eigenvalue weighted by Gasteiger charge is 2.50. The Morgan fingerprint density at radius 1 is 0.833 bits per heavy atom.